The Morgan fingerprint density at radius 2 is 0.746 bits per heavy atom. The van der Waals surface area contributed by atoms with Gasteiger partial charge in [0.15, 0.2) is 0 Å². The van der Waals surface area contributed by atoms with Gasteiger partial charge >= 0.3 is 29.8 Å². The number of rotatable bonds is 32. The van der Waals surface area contributed by atoms with E-state index in [0.29, 0.717) is 19.8 Å². The topological polar surface area (TPSA) is 222 Å². The second kappa shape index (κ2) is 52.9. The van der Waals surface area contributed by atoms with Gasteiger partial charge in [-0.2, -0.15) is 0 Å². The largest absolute Gasteiger partial charge is 0.464 e. The standard InChI is InChI=1S/C17H33NO2.C16H31NO2.C15H29NO2.C13H25NO2.C12H23NO3.C10H22N2O.C9H20N2O/c1-8-15(2,3)14(19)20-13-12-18-16(4,5)10-9-11-17(18,6)7;1-9-14(2,3)13(18)19-12-10-15(4,5)17(8)16(6,7)11-12;1-8-11(2)13(17)18-12-9-14(3,4)16(7)15(5,6)10-12;1-4-13(2,3)12(15)16-11-10-14-8-6-5-7-9-14;1-4-12(2,3)11(14)16-10-7-13-5-8-15-9-6-13;1-5-9(2)10(13)11-7-6-8-12(3)4;1-5-8(2)9(12)10-6-7-11(3)4/h8-13H2,1-7H3;12H,9-11H2,1-8H3;11-12H,8-10H2,1-7H3;4-11H2,1-3H3;4-10H2,1-3H3;9H,5-8H2,1-4H3,(H,11,13);8H,5-7H2,1-4H3,(H,10,12). The van der Waals surface area contributed by atoms with E-state index in [1.54, 1.807) is 0 Å². The van der Waals surface area contributed by atoms with Crippen LogP contribution in [0.25, 0.3) is 0 Å². The summed E-state index contributed by atoms with van der Waals surface area (Å²) in [7, 11) is 12.4. The Kier molecular flexibility index (Phi) is 52.0. The summed E-state index contributed by atoms with van der Waals surface area (Å²) in [5, 5.41) is 5.81. The summed E-state index contributed by atoms with van der Waals surface area (Å²) in [6.45, 7) is 75.8. The fourth-order valence-electron chi connectivity index (χ4n) is 13.8. The number of nitrogens with one attached hydrogen (secondary N) is 2. The number of nitrogens with zero attached hydrogens (tertiary/aromatic N) is 7. The predicted molar refractivity (Wildman–Crippen MR) is 472 cm³/mol. The highest BCUT2D eigenvalue weighted by atomic mass is 16.6. The van der Waals surface area contributed by atoms with E-state index < -0.39 is 0 Å². The van der Waals surface area contributed by atoms with E-state index >= 15 is 0 Å². The van der Waals surface area contributed by atoms with Crippen LogP contribution in [0.2, 0.25) is 0 Å². The molecule has 674 valence electrons. The first kappa shape index (κ1) is 112. The lowest BCUT2D eigenvalue weighted by atomic mass is 9.78. The van der Waals surface area contributed by atoms with E-state index in [1.165, 1.54) is 38.5 Å². The van der Waals surface area contributed by atoms with Crippen molar-refractivity contribution < 1.29 is 62.0 Å². The molecule has 0 aliphatic carbocycles. The Morgan fingerprint density at radius 1 is 0.421 bits per heavy atom. The van der Waals surface area contributed by atoms with Crippen molar-refractivity contribution in [1.82, 2.24) is 44.9 Å². The lowest BCUT2D eigenvalue weighted by Crippen LogP contribution is -2.60. The van der Waals surface area contributed by atoms with Crippen molar-refractivity contribution in [2.45, 2.75) is 369 Å². The van der Waals surface area contributed by atoms with Crippen LogP contribution >= 0.6 is 0 Å². The number of carbonyl (C=O) groups excluding carboxylic acids is 7. The van der Waals surface area contributed by atoms with Gasteiger partial charge in [0, 0.05) is 123 Å². The molecule has 5 saturated heterocycles. The third-order valence-corrected chi connectivity index (χ3v) is 25.3. The Hall–Kier alpha value is -4.03. The molecule has 5 heterocycles. The van der Waals surface area contributed by atoms with Gasteiger partial charge in [-0.05, 0) is 284 Å². The number of hydrogen-bond donors (Lipinski definition) is 2. The quantitative estimate of drug-likeness (QED) is 0.0363. The molecule has 0 spiro atoms. The maximum Gasteiger partial charge on any atom is 0.311 e. The number of carbonyl (C=O) groups is 7. The summed E-state index contributed by atoms with van der Waals surface area (Å²) < 4.78 is 32.9. The maximum atomic E-state index is 12.2. The number of amides is 2. The second-order valence-corrected chi connectivity index (χ2v) is 40.1. The van der Waals surface area contributed by atoms with Gasteiger partial charge < -0.3 is 48.9 Å². The molecule has 0 saturated carbocycles. The fraction of sp³-hybridized carbons (Fsp3) is 0.924. The molecule has 22 nitrogen and oxygen atoms in total. The average Bonchev–Trinajstić information content (AvgIpc) is 0.789. The Morgan fingerprint density at radius 3 is 1.09 bits per heavy atom. The molecular weight excluding hydrogens is 1440 g/mol. The van der Waals surface area contributed by atoms with Gasteiger partial charge in [-0.3, -0.25) is 58.1 Å². The van der Waals surface area contributed by atoms with Gasteiger partial charge in [0.2, 0.25) is 11.8 Å². The summed E-state index contributed by atoms with van der Waals surface area (Å²) in [6.07, 6.45) is 18.3. The first-order valence-electron chi connectivity index (χ1n) is 44.4. The van der Waals surface area contributed by atoms with Crippen LogP contribution in [0.3, 0.4) is 0 Å². The molecule has 2 N–H and O–H groups in total. The van der Waals surface area contributed by atoms with Crippen LogP contribution in [0.1, 0.15) is 323 Å². The maximum absolute atomic E-state index is 12.2. The molecule has 3 atom stereocenters. The van der Waals surface area contributed by atoms with Crippen molar-refractivity contribution in [2.75, 3.05) is 147 Å². The highest BCUT2D eigenvalue weighted by molar-refractivity contribution is 5.79. The number of likely N-dealkylation sites (tertiary alicyclic amines) is 4. The van der Waals surface area contributed by atoms with Crippen molar-refractivity contribution in [3.05, 3.63) is 0 Å². The summed E-state index contributed by atoms with van der Waals surface area (Å²) in [6, 6.07) is 0. The lowest BCUT2D eigenvalue weighted by molar-refractivity contribution is -0.169. The monoisotopic (exact) mass is 1620 g/mol. The van der Waals surface area contributed by atoms with Crippen molar-refractivity contribution in [3.8, 4) is 0 Å². The Bertz CT molecular complexity index is 2620. The highest BCUT2D eigenvalue weighted by Crippen LogP contribution is 2.41. The van der Waals surface area contributed by atoms with Crippen LogP contribution in [0.4, 0.5) is 0 Å². The number of piperidine rings is 4. The molecule has 0 aromatic heterocycles. The van der Waals surface area contributed by atoms with E-state index in [0.717, 1.165) is 162 Å². The van der Waals surface area contributed by atoms with Crippen LogP contribution in [0.5, 0.6) is 0 Å². The first-order chi connectivity index (χ1) is 52.3. The van der Waals surface area contributed by atoms with Crippen molar-refractivity contribution in [1.29, 1.82) is 0 Å². The summed E-state index contributed by atoms with van der Waals surface area (Å²) in [4.78, 5) is 98.2. The molecule has 5 fully saturated rings. The predicted octanol–water partition coefficient (Wildman–Crippen LogP) is 16.4. The van der Waals surface area contributed by atoms with Crippen molar-refractivity contribution in [2.24, 2.45) is 39.4 Å². The average molecular weight is 1620 g/mol. The van der Waals surface area contributed by atoms with E-state index in [9.17, 15) is 33.6 Å². The Balaban J connectivity index is 0. The van der Waals surface area contributed by atoms with Crippen LogP contribution in [-0.2, 0) is 62.0 Å². The molecule has 114 heavy (non-hydrogen) atoms. The summed E-state index contributed by atoms with van der Waals surface area (Å²) in [5.74, 6) is 0.320. The van der Waals surface area contributed by atoms with Gasteiger partial charge in [0.05, 0.1) is 40.8 Å². The SMILES string of the molecule is CCC(C)(C)C(=O)OC1CC(C)(C)N(C)C(C)(C)C1.CCC(C)(C)C(=O)OCCN1C(C)(C)CCCC1(C)C.CCC(C)(C)C(=O)OCCN1CCCCC1.CCC(C)(C)C(=O)OCCN1CCOCC1.CCC(C)C(=O)NCCCN(C)C.CCC(C)C(=O)NCCN(C)C.CCC(C)C(=O)OC1CC(C)(C)N(C)C(C)(C)C1. The number of ether oxygens (including phenoxy) is 6. The number of likely N-dealkylation sites (N-methyl/N-ethyl adjacent to an activating group) is 1. The number of morpholine rings is 1. The van der Waals surface area contributed by atoms with Gasteiger partial charge in [-0.25, -0.2) is 0 Å². The van der Waals surface area contributed by atoms with E-state index in [1.807, 2.05) is 153 Å². The minimum Gasteiger partial charge on any atom is -0.464 e. The zero-order chi connectivity index (χ0) is 88.7. The molecule has 5 aliphatic rings. The third-order valence-electron chi connectivity index (χ3n) is 25.3. The summed E-state index contributed by atoms with van der Waals surface area (Å²) in [5.41, 5.74) is -0.795. The van der Waals surface area contributed by atoms with Crippen molar-refractivity contribution in [3.63, 3.8) is 0 Å². The Labute approximate surface area is 700 Å². The van der Waals surface area contributed by atoms with Crippen LogP contribution in [0, 0.1) is 39.4 Å². The third kappa shape index (κ3) is 43.3. The van der Waals surface area contributed by atoms with Gasteiger partial charge in [0.25, 0.3) is 0 Å². The van der Waals surface area contributed by atoms with Crippen LogP contribution in [0.15, 0.2) is 0 Å². The van der Waals surface area contributed by atoms with E-state index in [-0.39, 0.29) is 127 Å². The first-order valence-corrected chi connectivity index (χ1v) is 44.4. The molecule has 22 heteroatoms. The fourth-order valence-corrected chi connectivity index (χ4v) is 13.8. The molecule has 5 rings (SSSR count). The molecule has 0 bridgehead atoms. The summed E-state index contributed by atoms with van der Waals surface area (Å²) >= 11 is 0. The minimum absolute atomic E-state index is 0.0101. The molecular formula is C92H183N9O13. The zero-order valence-corrected chi connectivity index (χ0v) is 80.9. The molecule has 0 aromatic carbocycles. The van der Waals surface area contributed by atoms with Gasteiger partial charge in [-0.1, -0.05) is 75.7 Å². The van der Waals surface area contributed by atoms with Gasteiger partial charge in [0.1, 0.15) is 32.0 Å². The minimum atomic E-state index is -0.377. The second-order valence-electron chi connectivity index (χ2n) is 40.1. The van der Waals surface area contributed by atoms with Gasteiger partial charge in [-0.15, -0.1) is 0 Å². The van der Waals surface area contributed by atoms with Crippen molar-refractivity contribution >= 4 is 41.7 Å². The molecule has 2 amide bonds. The van der Waals surface area contributed by atoms with Crippen LogP contribution < -0.4 is 10.6 Å². The highest BCUT2D eigenvalue weighted by Gasteiger charge is 2.47. The smallest absolute Gasteiger partial charge is 0.311 e. The molecule has 0 radical (unpaired) electrons. The molecule has 5 aliphatic heterocycles. The van der Waals surface area contributed by atoms with E-state index in [4.69, 9.17) is 28.4 Å². The normalized spacial score (nSPS) is 20.1. The number of esters is 5. The molecule has 3 unspecified atom stereocenters. The molecule has 0 aromatic rings. The number of hydrogen-bond acceptors (Lipinski definition) is 20. The lowest BCUT2D eigenvalue weighted by Gasteiger charge is -2.53. The zero-order valence-electron chi connectivity index (χ0n) is 80.9. The van der Waals surface area contributed by atoms with Crippen LogP contribution in [-0.4, -0.2) is 269 Å². The van der Waals surface area contributed by atoms with E-state index in [2.05, 4.69) is 142 Å².